The van der Waals surface area contributed by atoms with Crippen molar-refractivity contribution in [2.75, 3.05) is 38.8 Å². The summed E-state index contributed by atoms with van der Waals surface area (Å²) in [6.45, 7) is 1.79. The highest BCUT2D eigenvalue weighted by Crippen LogP contribution is 2.19. The predicted molar refractivity (Wildman–Crippen MR) is 64.3 cm³/mol. The van der Waals surface area contributed by atoms with Crippen molar-refractivity contribution < 1.29 is 9.13 Å². The minimum absolute atomic E-state index is 0.204. The number of rotatable bonds is 6. The van der Waals surface area contributed by atoms with Crippen LogP contribution in [0.1, 0.15) is 5.56 Å². The number of nitrogens with two attached hydrogens (primary N) is 1. The van der Waals surface area contributed by atoms with Gasteiger partial charge >= 0.3 is 0 Å². The first-order chi connectivity index (χ1) is 7.69. The van der Waals surface area contributed by atoms with E-state index >= 15 is 0 Å². The third kappa shape index (κ3) is 3.47. The van der Waals surface area contributed by atoms with Crippen LogP contribution in [0.2, 0.25) is 0 Å². The molecule has 0 fully saturated rings. The highest BCUT2D eigenvalue weighted by molar-refractivity contribution is 5.48. The molecule has 4 heteroatoms. The number of likely N-dealkylation sites (N-methyl/N-ethyl adjacent to an activating group) is 1. The molecular formula is C12H19FN2O. The molecule has 3 nitrogen and oxygen atoms in total. The quantitative estimate of drug-likeness (QED) is 0.797. The van der Waals surface area contributed by atoms with Gasteiger partial charge in [0, 0.05) is 20.7 Å². The van der Waals surface area contributed by atoms with Crippen molar-refractivity contribution in [2.45, 2.75) is 6.42 Å². The van der Waals surface area contributed by atoms with E-state index in [1.54, 1.807) is 19.2 Å². The Labute approximate surface area is 96.0 Å². The van der Waals surface area contributed by atoms with Crippen molar-refractivity contribution in [3.63, 3.8) is 0 Å². The van der Waals surface area contributed by atoms with Crippen molar-refractivity contribution in [3.05, 3.63) is 29.6 Å². The third-order valence-electron chi connectivity index (χ3n) is 2.49. The van der Waals surface area contributed by atoms with Gasteiger partial charge in [-0.2, -0.15) is 0 Å². The van der Waals surface area contributed by atoms with Crippen LogP contribution >= 0.6 is 0 Å². The molecule has 0 aliphatic heterocycles. The fourth-order valence-electron chi connectivity index (χ4n) is 1.53. The van der Waals surface area contributed by atoms with Crippen molar-refractivity contribution in [1.29, 1.82) is 0 Å². The molecule has 0 spiro atoms. The van der Waals surface area contributed by atoms with Crippen molar-refractivity contribution in [3.8, 4) is 0 Å². The Balaban J connectivity index is 2.73. The molecule has 0 unspecified atom stereocenters. The standard InChI is InChI=1S/C12H19FN2O/c1-15(7-8-16-2)12-4-3-10(5-6-14)9-11(12)13/h3-4,9H,5-8,14H2,1-2H3. The molecule has 0 heterocycles. The molecule has 0 saturated heterocycles. The molecule has 1 aromatic carbocycles. The average molecular weight is 226 g/mol. The lowest BCUT2D eigenvalue weighted by Gasteiger charge is -2.19. The number of nitrogens with zero attached hydrogens (tertiary/aromatic N) is 1. The van der Waals surface area contributed by atoms with Crippen LogP contribution in [0.25, 0.3) is 0 Å². The smallest absolute Gasteiger partial charge is 0.146 e. The van der Waals surface area contributed by atoms with Gasteiger partial charge < -0.3 is 15.4 Å². The second kappa shape index (κ2) is 6.45. The Bertz CT molecular complexity index is 331. The number of anilines is 1. The van der Waals surface area contributed by atoms with E-state index in [2.05, 4.69) is 0 Å². The van der Waals surface area contributed by atoms with E-state index < -0.39 is 0 Å². The monoisotopic (exact) mass is 226 g/mol. The Morgan fingerprint density at radius 1 is 1.44 bits per heavy atom. The molecule has 0 aliphatic rings. The van der Waals surface area contributed by atoms with E-state index in [4.69, 9.17) is 10.5 Å². The lowest BCUT2D eigenvalue weighted by atomic mass is 10.1. The SMILES string of the molecule is COCCN(C)c1ccc(CCN)cc1F. The van der Waals surface area contributed by atoms with Gasteiger partial charge in [0.25, 0.3) is 0 Å². The van der Waals surface area contributed by atoms with Gasteiger partial charge in [0.15, 0.2) is 0 Å². The number of halogens is 1. The zero-order valence-corrected chi connectivity index (χ0v) is 9.87. The van der Waals surface area contributed by atoms with Crippen LogP contribution in [0, 0.1) is 5.82 Å². The average Bonchev–Trinajstić information content (AvgIpc) is 2.26. The predicted octanol–water partition coefficient (Wildman–Crippen LogP) is 1.41. The molecule has 0 atom stereocenters. The van der Waals surface area contributed by atoms with Gasteiger partial charge in [-0.05, 0) is 30.7 Å². The minimum Gasteiger partial charge on any atom is -0.383 e. The second-order valence-corrected chi connectivity index (χ2v) is 3.74. The molecule has 1 aromatic rings. The number of methoxy groups -OCH3 is 1. The van der Waals surface area contributed by atoms with Gasteiger partial charge in [-0.3, -0.25) is 0 Å². The Morgan fingerprint density at radius 3 is 2.75 bits per heavy atom. The first kappa shape index (κ1) is 12.9. The summed E-state index contributed by atoms with van der Waals surface area (Å²) in [6, 6.07) is 5.25. The number of hydrogen-bond donors (Lipinski definition) is 1. The van der Waals surface area contributed by atoms with Crippen LogP contribution in [0.3, 0.4) is 0 Å². The topological polar surface area (TPSA) is 38.5 Å². The summed E-state index contributed by atoms with van der Waals surface area (Å²) in [6.07, 6.45) is 0.707. The van der Waals surface area contributed by atoms with E-state index in [9.17, 15) is 4.39 Å². The molecule has 0 bridgehead atoms. The maximum absolute atomic E-state index is 13.7. The normalized spacial score (nSPS) is 10.5. The first-order valence-corrected chi connectivity index (χ1v) is 5.37. The number of benzene rings is 1. The van der Waals surface area contributed by atoms with Crippen LogP contribution in [0.4, 0.5) is 10.1 Å². The molecule has 2 N–H and O–H groups in total. The summed E-state index contributed by atoms with van der Waals surface area (Å²) in [5.41, 5.74) is 6.95. The number of hydrogen-bond acceptors (Lipinski definition) is 3. The molecule has 0 radical (unpaired) electrons. The van der Waals surface area contributed by atoms with E-state index in [0.29, 0.717) is 31.8 Å². The fraction of sp³-hybridized carbons (Fsp3) is 0.500. The van der Waals surface area contributed by atoms with Crippen molar-refractivity contribution in [2.24, 2.45) is 5.73 Å². The van der Waals surface area contributed by atoms with E-state index in [-0.39, 0.29) is 5.82 Å². The highest BCUT2D eigenvalue weighted by atomic mass is 19.1. The summed E-state index contributed by atoms with van der Waals surface area (Å²) < 4.78 is 18.7. The van der Waals surface area contributed by atoms with Gasteiger partial charge in [0.2, 0.25) is 0 Å². The van der Waals surface area contributed by atoms with Gasteiger partial charge in [-0.25, -0.2) is 4.39 Å². The third-order valence-corrected chi connectivity index (χ3v) is 2.49. The van der Waals surface area contributed by atoms with Crippen LogP contribution in [0.5, 0.6) is 0 Å². The van der Waals surface area contributed by atoms with Gasteiger partial charge in [-0.1, -0.05) is 6.07 Å². The molecule has 16 heavy (non-hydrogen) atoms. The maximum Gasteiger partial charge on any atom is 0.146 e. The van der Waals surface area contributed by atoms with Gasteiger partial charge in [0.1, 0.15) is 5.82 Å². The largest absolute Gasteiger partial charge is 0.383 e. The zero-order valence-electron chi connectivity index (χ0n) is 9.87. The molecule has 0 aromatic heterocycles. The summed E-state index contributed by atoms with van der Waals surface area (Å²) in [4.78, 5) is 1.84. The maximum atomic E-state index is 13.7. The molecule has 0 saturated carbocycles. The van der Waals surface area contributed by atoms with Crippen LogP contribution in [-0.4, -0.2) is 33.9 Å². The minimum atomic E-state index is -0.204. The Kier molecular flexibility index (Phi) is 5.22. The van der Waals surface area contributed by atoms with Crippen molar-refractivity contribution in [1.82, 2.24) is 0 Å². The highest BCUT2D eigenvalue weighted by Gasteiger charge is 2.07. The van der Waals surface area contributed by atoms with Gasteiger partial charge in [0.05, 0.1) is 12.3 Å². The number of ether oxygens (including phenoxy) is 1. The second-order valence-electron chi connectivity index (χ2n) is 3.74. The molecule has 0 amide bonds. The summed E-state index contributed by atoms with van der Waals surface area (Å²) in [7, 11) is 3.48. The van der Waals surface area contributed by atoms with Crippen LogP contribution in [0.15, 0.2) is 18.2 Å². The lowest BCUT2D eigenvalue weighted by molar-refractivity contribution is 0.206. The zero-order chi connectivity index (χ0) is 12.0. The summed E-state index contributed by atoms with van der Waals surface area (Å²) in [5.74, 6) is -0.204. The van der Waals surface area contributed by atoms with Crippen LogP contribution < -0.4 is 10.6 Å². The van der Waals surface area contributed by atoms with E-state index in [0.717, 1.165) is 5.56 Å². The first-order valence-electron chi connectivity index (χ1n) is 5.37. The molecule has 1 rings (SSSR count). The molecular weight excluding hydrogens is 207 g/mol. The van der Waals surface area contributed by atoms with E-state index in [1.807, 2.05) is 18.0 Å². The fourth-order valence-corrected chi connectivity index (χ4v) is 1.53. The summed E-state index contributed by atoms with van der Waals surface area (Å²) in [5, 5.41) is 0. The summed E-state index contributed by atoms with van der Waals surface area (Å²) >= 11 is 0. The van der Waals surface area contributed by atoms with E-state index in [1.165, 1.54) is 0 Å². The van der Waals surface area contributed by atoms with Gasteiger partial charge in [-0.15, -0.1) is 0 Å². The van der Waals surface area contributed by atoms with Crippen LogP contribution in [-0.2, 0) is 11.2 Å². The lowest BCUT2D eigenvalue weighted by Crippen LogP contribution is -2.23. The Morgan fingerprint density at radius 2 is 2.19 bits per heavy atom. The molecule has 0 aliphatic carbocycles. The van der Waals surface area contributed by atoms with Crippen molar-refractivity contribution >= 4 is 5.69 Å². The Hall–Kier alpha value is -1.13. The molecule has 90 valence electrons.